The van der Waals surface area contributed by atoms with E-state index in [1.807, 2.05) is 0 Å². The summed E-state index contributed by atoms with van der Waals surface area (Å²) in [6.45, 7) is 1.90. The number of hydrogen-bond donors (Lipinski definition) is 0. The number of rotatable bonds is 8. The molecule has 0 heterocycles. The van der Waals surface area contributed by atoms with Crippen molar-refractivity contribution in [2.45, 2.75) is 32.1 Å². The van der Waals surface area contributed by atoms with E-state index in [9.17, 15) is 8.42 Å². The van der Waals surface area contributed by atoms with E-state index >= 15 is 0 Å². The molecule has 0 atom stereocenters. The smallest absolute Gasteiger partial charge is 0.234 e. The maximum atomic E-state index is 10.6. The molecule has 0 aliphatic heterocycles. The molecule has 0 N–H and O–H groups in total. The highest BCUT2D eigenvalue weighted by atomic mass is 35.7. The van der Waals surface area contributed by atoms with Gasteiger partial charge in [-0.1, -0.05) is 19.3 Å². The molecule has 6 heteroatoms. The molecule has 0 bridgehead atoms. The second-order valence-corrected chi connectivity index (χ2v) is 7.33. The quantitative estimate of drug-likeness (QED) is 0.506. The number of hydrogen-bond acceptors (Lipinski definition) is 4. The van der Waals surface area contributed by atoms with Crippen LogP contribution < -0.4 is 0 Å². The molecule has 4 nitrogen and oxygen atoms in total. The van der Waals surface area contributed by atoms with Crippen LogP contribution in [0, 0.1) is 5.92 Å². The van der Waals surface area contributed by atoms with Gasteiger partial charge >= 0.3 is 0 Å². The van der Waals surface area contributed by atoms with Crippen LogP contribution in [0.25, 0.3) is 0 Å². The van der Waals surface area contributed by atoms with Crippen LogP contribution in [-0.4, -0.2) is 40.6 Å². The van der Waals surface area contributed by atoms with Gasteiger partial charge in [-0.3, -0.25) is 0 Å². The van der Waals surface area contributed by atoms with Gasteiger partial charge in [-0.15, -0.1) is 0 Å². The van der Waals surface area contributed by atoms with Gasteiger partial charge < -0.3 is 9.47 Å². The highest BCUT2D eigenvalue weighted by Gasteiger charge is 2.12. The number of ether oxygens (including phenoxy) is 2. The Morgan fingerprint density at radius 1 is 1.00 bits per heavy atom. The van der Waals surface area contributed by atoms with E-state index in [0.29, 0.717) is 19.1 Å². The Balaban J connectivity index is 1.87. The van der Waals surface area contributed by atoms with Gasteiger partial charge in [-0.05, 0) is 18.8 Å². The maximum absolute atomic E-state index is 10.6. The second-order valence-electron chi connectivity index (χ2n) is 4.43. The highest BCUT2D eigenvalue weighted by molar-refractivity contribution is 8.13. The third-order valence-corrected chi connectivity index (χ3v) is 4.04. The molecule has 1 fully saturated rings. The van der Waals surface area contributed by atoms with Gasteiger partial charge in [0.25, 0.3) is 0 Å². The monoisotopic (exact) mass is 284 g/mol. The second kappa shape index (κ2) is 8.29. The van der Waals surface area contributed by atoms with E-state index in [1.54, 1.807) is 0 Å². The minimum atomic E-state index is -3.43. The lowest BCUT2D eigenvalue weighted by Gasteiger charge is -2.21. The highest BCUT2D eigenvalue weighted by Crippen LogP contribution is 2.23. The summed E-state index contributed by atoms with van der Waals surface area (Å²) in [6, 6.07) is 0. The zero-order valence-electron chi connectivity index (χ0n) is 10.1. The minimum Gasteiger partial charge on any atom is -0.379 e. The average Bonchev–Trinajstić information content (AvgIpc) is 2.28. The van der Waals surface area contributed by atoms with Crippen molar-refractivity contribution in [3.8, 4) is 0 Å². The molecule has 1 saturated carbocycles. The SMILES string of the molecule is O=S(=O)(Cl)CCOCCOCC1CCCCC1. The summed E-state index contributed by atoms with van der Waals surface area (Å²) in [4.78, 5) is 0. The predicted molar refractivity (Wildman–Crippen MR) is 67.9 cm³/mol. The zero-order chi connectivity index (χ0) is 12.6. The summed E-state index contributed by atoms with van der Waals surface area (Å²) in [7, 11) is 1.61. The van der Waals surface area contributed by atoms with Gasteiger partial charge in [0.2, 0.25) is 9.05 Å². The molecule has 0 saturated heterocycles. The third-order valence-electron chi connectivity index (χ3n) is 2.92. The fraction of sp³-hybridized carbons (Fsp3) is 1.00. The number of halogens is 1. The molecule has 0 radical (unpaired) electrons. The van der Waals surface area contributed by atoms with Crippen molar-refractivity contribution in [2.75, 3.05) is 32.2 Å². The van der Waals surface area contributed by atoms with Crippen molar-refractivity contribution in [3.05, 3.63) is 0 Å². The van der Waals surface area contributed by atoms with E-state index in [-0.39, 0.29) is 12.4 Å². The van der Waals surface area contributed by atoms with Crippen molar-refractivity contribution < 1.29 is 17.9 Å². The maximum Gasteiger partial charge on any atom is 0.234 e. The van der Waals surface area contributed by atoms with Crippen molar-refractivity contribution in [1.29, 1.82) is 0 Å². The lowest BCUT2D eigenvalue weighted by atomic mass is 9.90. The van der Waals surface area contributed by atoms with E-state index in [2.05, 4.69) is 0 Å². The van der Waals surface area contributed by atoms with Crippen LogP contribution in [0.4, 0.5) is 0 Å². The van der Waals surface area contributed by atoms with Gasteiger partial charge in [0.1, 0.15) is 0 Å². The van der Waals surface area contributed by atoms with Crippen LogP contribution >= 0.6 is 10.7 Å². The summed E-state index contributed by atoms with van der Waals surface area (Å²) >= 11 is 0. The molecule has 1 rings (SSSR count). The molecule has 1 aliphatic carbocycles. The normalized spacial score (nSPS) is 18.4. The van der Waals surface area contributed by atoms with Crippen LogP contribution in [0.15, 0.2) is 0 Å². The van der Waals surface area contributed by atoms with Gasteiger partial charge in [0.05, 0.1) is 25.6 Å². The van der Waals surface area contributed by atoms with E-state index < -0.39 is 9.05 Å². The van der Waals surface area contributed by atoms with Crippen molar-refractivity contribution in [2.24, 2.45) is 5.92 Å². The Kier molecular flexibility index (Phi) is 7.43. The summed E-state index contributed by atoms with van der Waals surface area (Å²) in [5.41, 5.74) is 0. The van der Waals surface area contributed by atoms with Gasteiger partial charge in [0, 0.05) is 17.3 Å². The van der Waals surface area contributed by atoms with Crippen LogP contribution in [0.2, 0.25) is 0 Å². The Morgan fingerprint density at radius 3 is 2.29 bits per heavy atom. The fourth-order valence-electron chi connectivity index (χ4n) is 1.98. The molecule has 1 aliphatic rings. The summed E-state index contributed by atoms with van der Waals surface area (Å²) < 4.78 is 31.8. The average molecular weight is 285 g/mol. The molecule has 0 amide bonds. The van der Waals surface area contributed by atoms with Crippen LogP contribution in [-0.2, 0) is 18.5 Å². The molecule has 0 unspecified atom stereocenters. The van der Waals surface area contributed by atoms with Crippen LogP contribution in [0.3, 0.4) is 0 Å². The van der Waals surface area contributed by atoms with Crippen molar-refractivity contribution in [3.63, 3.8) is 0 Å². The topological polar surface area (TPSA) is 52.6 Å². The summed E-state index contributed by atoms with van der Waals surface area (Å²) in [6.07, 6.45) is 6.53. The molecule has 102 valence electrons. The van der Waals surface area contributed by atoms with Gasteiger partial charge in [0.15, 0.2) is 0 Å². The lowest BCUT2D eigenvalue weighted by molar-refractivity contribution is 0.0319. The van der Waals surface area contributed by atoms with E-state index in [1.165, 1.54) is 32.1 Å². The first kappa shape index (κ1) is 15.2. The van der Waals surface area contributed by atoms with Crippen LogP contribution in [0.5, 0.6) is 0 Å². The lowest BCUT2D eigenvalue weighted by Crippen LogP contribution is -2.16. The largest absolute Gasteiger partial charge is 0.379 e. The minimum absolute atomic E-state index is 0.138. The standard InChI is InChI=1S/C11H21ClO4S/c12-17(13,14)9-8-15-6-7-16-10-11-4-2-1-3-5-11/h11H,1-10H2. The molecule has 0 aromatic rings. The van der Waals surface area contributed by atoms with Gasteiger partial charge in [-0.2, -0.15) is 0 Å². The first-order valence-electron chi connectivity index (χ1n) is 6.16. The van der Waals surface area contributed by atoms with E-state index in [0.717, 1.165) is 6.61 Å². The van der Waals surface area contributed by atoms with Gasteiger partial charge in [-0.25, -0.2) is 8.42 Å². The summed E-state index contributed by atoms with van der Waals surface area (Å²) in [5, 5.41) is 0. The molecule has 0 aromatic heterocycles. The zero-order valence-corrected chi connectivity index (χ0v) is 11.6. The van der Waals surface area contributed by atoms with E-state index in [4.69, 9.17) is 20.2 Å². The van der Waals surface area contributed by atoms with Crippen LogP contribution in [0.1, 0.15) is 32.1 Å². The molecular formula is C11H21ClO4S. The molecular weight excluding hydrogens is 264 g/mol. The predicted octanol–water partition coefficient (Wildman–Crippen LogP) is 2.17. The Bertz CT molecular complexity index is 286. The Labute approximate surface area is 108 Å². The Morgan fingerprint density at radius 2 is 1.65 bits per heavy atom. The first-order valence-corrected chi connectivity index (χ1v) is 8.63. The summed E-state index contributed by atoms with van der Waals surface area (Å²) in [5.74, 6) is 0.559. The first-order chi connectivity index (χ1) is 8.08. The molecule has 0 aromatic carbocycles. The van der Waals surface area contributed by atoms with Crippen molar-refractivity contribution in [1.82, 2.24) is 0 Å². The third kappa shape index (κ3) is 8.83. The van der Waals surface area contributed by atoms with Crippen molar-refractivity contribution >= 4 is 19.7 Å². The molecule has 0 spiro atoms. The fourth-order valence-corrected chi connectivity index (χ4v) is 2.49. The molecule has 17 heavy (non-hydrogen) atoms. The Hall–Kier alpha value is 0.160.